The lowest BCUT2D eigenvalue weighted by molar-refractivity contribution is 0.376. The lowest BCUT2D eigenvalue weighted by atomic mass is 9.93. The molecule has 5 heteroatoms. The van der Waals surface area contributed by atoms with Crippen molar-refractivity contribution in [2.75, 3.05) is 25.4 Å². The third-order valence-corrected chi connectivity index (χ3v) is 4.67. The molecule has 17 heavy (non-hydrogen) atoms. The highest BCUT2D eigenvalue weighted by atomic mass is 32.2. The lowest BCUT2D eigenvalue weighted by Gasteiger charge is -2.23. The van der Waals surface area contributed by atoms with E-state index in [2.05, 4.69) is 30.8 Å². The molecule has 1 rings (SSSR count). The van der Waals surface area contributed by atoms with Gasteiger partial charge in [-0.25, -0.2) is 13.1 Å². The number of hydrogen-bond acceptors (Lipinski definition) is 3. The summed E-state index contributed by atoms with van der Waals surface area (Å²) in [5.74, 6) is 0.613. The third kappa shape index (κ3) is 7.01. The zero-order valence-electron chi connectivity index (χ0n) is 11.3. The quantitative estimate of drug-likeness (QED) is 0.786. The van der Waals surface area contributed by atoms with Crippen molar-refractivity contribution in [3.8, 4) is 0 Å². The molecular formula is C12H26N2O2S. The van der Waals surface area contributed by atoms with E-state index in [1.807, 2.05) is 0 Å². The summed E-state index contributed by atoms with van der Waals surface area (Å²) in [4.78, 5) is 0. The summed E-state index contributed by atoms with van der Waals surface area (Å²) in [5.41, 5.74) is 0.178. The molecule has 0 atom stereocenters. The molecule has 1 heterocycles. The van der Waals surface area contributed by atoms with Gasteiger partial charge in [-0.3, -0.25) is 0 Å². The number of nitrogens with one attached hydrogen (secondary N) is 2. The molecule has 0 bridgehead atoms. The highest BCUT2D eigenvalue weighted by molar-refractivity contribution is 7.89. The first-order valence-electron chi connectivity index (χ1n) is 6.47. The molecule has 1 fully saturated rings. The Kier molecular flexibility index (Phi) is 5.41. The Bertz CT molecular complexity index is 314. The minimum Gasteiger partial charge on any atom is -0.317 e. The second-order valence-electron chi connectivity index (χ2n) is 6.18. The molecule has 4 nitrogen and oxygen atoms in total. The second kappa shape index (κ2) is 6.16. The van der Waals surface area contributed by atoms with E-state index >= 15 is 0 Å². The fraction of sp³-hybridized carbons (Fsp3) is 1.00. The standard InChI is InChI=1S/C12H26N2O2S/c1-12(2,3)6-9-14-17(15,16)10-11-4-7-13-8-5-11/h11,13-14H,4-10H2,1-3H3. The molecule has 0 unspecified atom stereocenters. The van der Waals surface area contributed by atoms with Gasteiger partial charge in [-0.2, -0.15) is 0 Å². The van der Waals surface area contributed by atoms with Crippen molar-refractivity contribution >= 4 is 10.0 Å². The van der Waals surface area contributed by atoms with Gasteiger partial charge in [-0.05, 0) is 43.7 Å². The maximum Gasteiger partial charge on any atom is 0.211 e. The fourth-order valence-corrected chi connectivity index (χ4v) is 3.48. The van der Waals surface area contributed by atoms with Crippen molar-refractivity contribution in [2.24, 2.45) is 11.3 Å². The van der Waals surface area contributed by atoms with Crippen LogP contribution in [0, 0.1) is 11.3 Å². The number of sulfonamides is 1. The largest absolute Gasteiger partial charge is 0.317 e. The van der Waals surface area contributed by atoms with Crippen molar-refractivity contribution in [3.05, 3.63) is 0 Å². The predicted molar refractivity (Wildman–Crippen MR) is 71.5 cm³/mol. The number of hydrogen-bond donors (Lipinski definition) is 2. The molecule has 0 aromatic heterocycles. The summed E-state index contributed by atoms with van der Waals surface area (Å²) in [6, 6.07) is 0. The predicted octanol–water partition coefficient (Wildman–Crippen LogP) is 1.34. The monoisotopic (exact) mass is 262 g/mol. The third-order valence-electron chi connectivity index (χ3n) is 3.11. The summed E-state index contributed by atoms with van der Waals surface area (Å²) < 4.78 is 26.4. The van der Waals surface area contributed by atoms with Gasteiger partial charge in [0.1, 0.15) is 0 Å². The molecule has 1 aliphatic heterocycles. The molecule has 0 amide bonds. The van der Waals surface area contributed by atoms with Crippen LogP contribution >= 0.6 is 0 Å². The number of rotatable bonds is 5. The molecule has 2 N–H and O–H groups in total. The van der Waals surface area contributed by atoms with Crippen molar-refractivity contribution in [2.45, 2.75) is 40.0 Å². The Labute approximate surface area is 106 Å². The van der Waals surface area contributed by atoms with Crippen LogP contribution in [0.5, 0.6) is 0 Å². The van der Waals surface area contributed by atoms with E-state index in [-0.39, 0.29) is 5.41 Å². The molecule has 0 aromatic rings. The summed E-state index contributed by atoms with van der Waals surface area (Å²) in [5, 5.41) is 3.25. The molecule has 0 radical (unpaired) electrons. The van der Waals surface area contributed by atoms with Gasteiger partial charge >= 0.3 is 0 Å². The molecule has 0 aromatic carbocycles. The Balaban J connectivity index is 2.30. The van der Waals surface area contributed by atoms with Crippen LogP contribution in [-0.4, -0.2) is 33.8 Å². The van der Waals surface area contributed by atoms with E-state index in [0.717, 1.165) is 32.4 Å². The van der Waals surface area contributed by atoms with Crippen LogP contribution in [0.25, 0.3) is 0 Å². The van der Waals surface area contributed by atoms with Crippen molar-refractivity contribution in [3.63, 3.8) is 0 Å². The van der Waals surface area contributed by atoms with E-state index in [1.54, 1.807) is 0 Å². The first kappa shape index (κ1) is 14.9. The van der Waals surface area contributed by atoms with Crippen molar-refractivity contribution in [1.29, 1.82) is 0 Å². The van der Waals surface area contributed by atoms with E-state index in [0.29, 0.717) is 18.2 Å². The van der Waals surface area contributed by atoms with Crippen molar-refractivity contribution < 1.29 is 8.42 Å². The zero-order valence-corrected chi connectivity index (χ0v) is 12.1. The van der Waals surface area contributed by atoms with Gasteiger partial charge in [0.05, 0.1) is 5.75 Å². The van der Waals surface area contributed by atoms with Crippen LogP contribution in [0.2, 0.25) is 0 Å². The maximum atomic E-state index is 11.9. The van der Waals surface area contributed by atoms with E-state index in [4.69, 9.17) is 0 Å². The number of piperidine rings is 1. The van der Waals surface area contributed by atoms with Crippen LogP contribution in [0.3, 0.4) is 0 Å². The van der Waals surface area contributed by atoms with E-state index < -0.39 is 10.0 Å². The Morgan fingerprint density at radius 3 is 2.35 bits per heavy atom. The van der Waals surface area contributed by atoms with Crippen LogP contribution in [-0.2, 0) is 10.0 Å². The molecule has 1 aliphatic rings. The zero-order chi connectivity index (χ0) is 12.9. The molecule has 1 saturated heterocycles. The average molecular weight is 262 g/mol. The van der Waals surface area contributed by atoms with Crippen LogP contribution in [0.4, 0.5) is 0 Å². The minimum absolute atomic E-state index is 0.178. The molecule has 102 valence electrons. The van der Waals surface area contributed by atoms with Crippen LogP contribution in [0.1, 0.15) is 40.0 Å². The second-order valence-corrected chi connectivity index (χ2v) is 8.03. The molecule has 0 saturated carbocycles. The van der Waals surface area contributed by atoms with Gasteiger partial charge < -0.3 is 5.32 Å². The normalized spacial score (nSPS) is 19.5. The Morgan fingerprint density at radius 1 is 1.24 bits per heavy atom. The van der Waals surface area contributed by atoms with Gasteiger partial charge in [0.25, 0.3) is 0 Å². The SMILES string of the molecule is CC(C)(C)CCNS(=O)(=O)CC1CCNCC1. The van der Waals surface area contributed by atoms with Gasteiger partial charge in [0.2, 0.25) is 10.0 Å². The summed E-state index contributed by atoms with van der Waals surface area (Å²) in [6.45, 7) is 8.80. The van der Waals surface area contributed by atoms with E-state index in [1.165, 1.54) is 0 Å². The fourth-order valence-electron chi connectivity index (χ4n) is 2.00. The van der Waals surface area contributed by atoms with Gasteiger partial charge in [0.15, 0.2) is 0 Å². The van der Waals surface area contributed by atoms with Crippen LogP contribution < -0.4 is 10.0 Å². The van der Waals surface area contributed by atoms with Gasteiger partial charge in [0, 0.05) is 6.54 Å². The lowest BCUT2D eigenvalue weighted by Crippen LogP contribution is -2.36. The summed E-state index contributed by atoms with van der Waals surface area (Å²) >= 11 is 0. The summed E-state index contributed by atoms with van der Waals surface area (Å²) in [7, 11) is -3.08. The minimum atomic E-state index is -3.08. The highest BCUT2D eigenvalue weighted by Crippen LogP contribution is 2.18. The molecular weight excluding hydrogens is 236 g/mol. The average Bonchev–Trinajstić information content (AvgIpc) is 2.15. The Morgan fingerprint density at radius 2 is 1.82 bits per heavy atom. The smallest absolute Gasteiger partial charge is 0.211 e. The first-order valence-corrected chi connectivity index (χ1v) is 8.12. The molecule has 0 aliphatic carbocycles. The molecule has 0 spiro atoms. The summed E-state index contributed by atoms with van der Waals surface area (Å²) in [6.07, 6.45) is 2.82. The van der Waals surface area contributed by atoms with E-state index in [9.17, 15) is 8.42 Å². The first-order chi connectivity index (χ1) is 7.79. The van der Waals surface area contributed by atoms with Gasteiger partial charge in [-0.15, -0.1) is 0 Å². The topological polar surface area (TPSA) is 58.2 Å². The Hall–Kier alpha value is -0.130. The van der Waals surface area contributed by atoms with Gasteiger partial charge in [-0.1, -0.05) is 20.8 Å². The van der Waals surface area contributed by atoms with Crippen LogP contribution in [0.15, 0.2) is 0 Å². The van der Waals surface area contributed by atoms with Crippen molar-refractivity contribution in [1.82, 2.24) is 10.0 Å². The highest BCUT2D eigenvalue weighted by Gasteiger charge is 2.21. The maximum absolute atomic E-state index is 11.9.